The molecule has 3 aromatic heterocycles. The molecular formula is C20H28IN7O3S. The van der Waals surface area contributed by atoms with Gasteiger partial charge in [-0.15, -0.1) is 24.0 Å². The zero-order valence-electron chi connectivity index (χ0n) is 18.1. The fourth-order valence-corrected chi connectivity index (χ4v) is 5.05. The molecule has 3 aromatic rings. The van der Waals surface area contributed by atoms with Gasteiger partial charge >= 0.3 is 0 Å². The molecule has 1 N–H and O–H groups in total. The van der Waals surface area contributed by atoms with Crippen LogP contribution in [0.25, 0.3) is 5.65 Å². The van der Waals surface area contributed by atoms with E-state index in [0.717, 1.165) is 29.5 Å². The molecule has 0 aromatic carbocycles. The second-order valence-corrected chi connectivity index (χ2v) is 9.40. The van der Waals surface area contributed by atoms with E-state index in [-0.39, 0.29) is 29.7 Å². The molecule has 4 heterocycles. The Morgan fingerprint density at radius 1 is 1.19 bits per heavy atom. The molecule has 0 atom stereocenters. The smallest absolute Gasteiger partial charge is 0.220 e. The van der Waals surface area contributed by atoms with Crippen molar-refractivity contribution in [2.75, 3.05) is 32.7 Å². The molecule has 1 aliphatic heterocycles. The Bertz CT molecular complexity index is 1150. The minimum absolute atomic E-state index is 0. The number of pyridine rings is 1. The van der Waals surface area contributed by atoms with Crippen LogP contribution in [0.2, 0.25) is 0 Å². The van der Waals surface area contributed by atoms with Gasteiger partial charge in [0.15, 0.2) is 5.96 Å². The number of hydrogen-bond donors (Lipinski definition) is 1. The van der Waals surface area contributed by atoms with Gasteiger partial charge in [0.2, 0.25) is 10.0 Å². The number of aryl methyl sites for hydroxylation is 1. The van der Waals surface area contributed by atoms with Gasteiger partial charge in [-0.2, -0.15) is 4.31 Å². The van der Waals surface area contributed by atoms with E-state index >= 15 is 0 Å². The van der Waals surface area contributed by atoms with E-state index < -0.39 is 10.0 Å². The Labute approximate surface area is 204 Å². The third-order valence-electron chi connectivity index (χ3n) is 5.22. The van der Waals surface area contributed by atoms with Gasteiger partial charge in [-0.05, 0) is 26.0 Å². The first kappa shape index (κ1) is 24.5. The van der Waals surface area contributed by atoms with Crippen molar-refractivity contribution in [3.8, 4) is 0 Å². The number of sulfonamides is 1. The fourth-order valence-electron chi connectivity index (χ4n) is 3.62. The number of aromatic nitrogens is 3. The van der Waals surface area contributed by atoms with E-state index in [4.69, 9.17) is 9.52 Å². The number of imidazole rings is 1. The van der Waals surface area contributed by atoms with Gasteiger partial charge in [0.05, 0.1) is 17.9 Å². The summed E-state index contributed by atoms with van der Waals surface area (Å²) in [6.07, 6.45) is 3.39. The first-order valence-corrected chi connectivity index (χ1v) is 11.9. The number of guanidine groups is 1. The maximum Gasteiger partial charge on any atom is 0.220 e. The van der Waals surface area contributed by atoms with Crippen molar-refractivity contribution in [3.05, 3.63) is 53.8 Å². The summed E-state index contributed by atoms with van der Waals surface area (Å²) in [5.74, 6) is 0.620. The first-order valence-electron chi connectivity index (χ1n) is 10.3. The van der Waals surface area contributed by atoms with Gasteiger partial charge in [-0.3, -0.25) is 0 Å². The maximum atomic E-state index is 12.6. The van der Waals surface area contributed by atoms with E-state index in [9.17, 15) is 8.42 Å². The van der Waals surface area contributed by atoms with Gasteiger partial charge in [0.1, 0.15) is 17.7 Å². The van der Waals surface area contributed by atoms with Crippen LogP contribution < -0.4 is 5.32 Å². The van der Waals surface area contributed by atoms with Gasteiger partial charge in [0.25, 0.3) is 0 Å². The number of piperazine rings is 1. The minimum atomic E-state index is -3.43. The van der Waals surface area contributed by atoms with E-state index in [1.54, 1.807) is 6.07 Å². The standard InChI is InChI=1S/C20H27N7O3S.HI/c1-3-21-20(22-13-18-14-27-16(2)5-4-6-19(27)23-18)25-8-10-26(11-9-25)31(28,29)15-17-7-12-30-24-17;/h4-7,12,14H,3,8-11,13,15H2,1-2H3,(H,21,22);1H. The molecule has 12 heteroatoms. The lowest BCUT2D eigenvalue weighted by atomic mass is 10.4. The molecule has 0 unspecified atom stereocenters. The Kier molecular flexibility index (Phi) is 8.11. The third-order valence-corrected chi connectivity index (χ3v) is 7.04. The van der Waals surface area contributed by atoms with E-state index in [1.165, 1.54) is 10.6 Å². The molecule has 174 valence electrons. The molecule has 0 spiro atoms. The monoisotopic (exact) mass is 573 g/mol. The van der Waals surface area contributed by atoms with Crippen LogP contribution in [0.4, 0.5) is 0 Å². The van der Waals surface area contributed by atoms with Crippen LogP contribution in [0.15, 0.2) is 46.2 Å². The SMILES string of the molecule is CCNC(=NCc1cn2c(C)cccc2n1)N1CCN(S(=O)(=O)Cc2ccon2)CC1.I. The van der Waals surface area contributed by atoms with Crippen LogP contribution in [0.1, 0.15) is 24.0 Å². The molecular weight excluding hydrogens is 545 g/mol. The fraction of sp³-hybridized carbons (Fsp3) is 0.450. The number of hydrogen-bond acceptors (Lipinski definition) is 6. The topological polar surface area (TPSA) is 108 Å². The van der Waals surface area contributed by atoms with Crippen LogP contribution in [-0.2, 0) is 22.3 Å². The Morgan fingerprint density at radius 3 is 2.62 bits per heavy atom. The quantitative estimate of drug-likeness (QED) is 0.273. The first-order chi connectivity index (χ1) is 15.0. The Morgan fingerprint density at radius 2 is 1.97 bits per heavy atom. The van der Waals surface area contributed by atoms with Crippen LogP contribution in [0, 0.1) is 6.92 Å². The number of nitrogens with one attached hydrogen (secondary N) is 1. The van der Waals surface area contributed by atoms with Crippen molar-refractivity contribution in [2.45, 2.75) is 26.1 Å². The van der Waals surface area contributed by atoms with Gasteiger partial charge in [-0.1, -0.05) is 11.2 Å². The summed E-state index contributed by atoms with van der Waals surface area (Å²) in [6, 6.07) is 7.58. The summed E-state index contributed by atoms with van der Waals surface area (Å²) in [4.78, 5) is 11.5. The predicted molar refractivity (Wildman–Crippen MR) is 132 cm³/mol. The normalized spacial score (nSPS) is 15.7. The summed E-state index contributed by atoms with van der Waals surface area (Å²) in [7, 11) is -3.43. The Balaban J connectivity index is 0.00000289. The molecule has 0 saturated carbocycles. The average molecular weight is 573 g/mol. The highest BCUT2D eigenvalue weighted by Gasteiger charge is 2.29. The number of fused-ring (bicyclic) bond motifs is 1. The number of nitrogens with zero attached hydrogens (tertiary/aromatic N) is 6. The number of rotatable bonds is 6. The second kappa shape index (κ2) is 10.6. The summed E-state index contributed by atoms with van der Waals surface area (Å²) in [6.45, 7) is 7.17. The van der Waals surface area contributed by atoms with Gasteiger partial charge in [-0.25, -0.2) is 18.4 Å². The zero-order valence-corrected chi connectivity index (χ0v) is 21.3. The number of aliphatic imine (C=N–C) groups is 1. The minimum Gasteiger partial charge on any atom is -0.364 e. The molecule has 1 saturated heterocycles. The third kappa shape index (κ3) is 5.59. The lowest BCUT2D eigenvalue weighted by Gasteiger charge is -2.35. The van der Waals surface area contributed by atoms with Crippen LogP contribution in [0.5, 0.6) is 0 Å². The highest BCUT2D eigenvalue weighted by atomic mass is 127. The van der Waals surface area contributed by atoms with Crippen LogP contribution in [-0.4, -0.2) is 70.8 Å². The van der Waals surface area contributed by atoms with Crippen molar-refractivity contribution in [1.29, 1.82) is 0 Å². The van der Waals surface area contributed by atoms with Crippen molar-refractivity contribution < 1.29 is 12.9 Å². The van der Waals surface area contributed by atoms with Crippen molar-refractivity contribution in [3.63, 3.8) is 0 Å². The lowest BCUT2D eigenvalue weighted by molar-refractivity contribution is 0.259. The van der Waals surface area contributed by atoms with E-state index in [0.29, 0.717) is 38.4 Å². The van der Waals surface area contributed by atoms with Gasteiger partial charge < -0.3 is 19.1 Å². The summed E-state index contributed by atoms with van der Waals surface area (Å²) < 4.78 is 33.6. The number of halogens is 1. The average Bonchev–Trinajstić information content (AvgIpc) is 3.41. The molecule has 0 radical (unpaired) electrons. The van der Waals surface area contributed by atoms with E-state index in [1.807, 2.05) is 38.2 Å². The largest absolute Gasteiger partial charge is 0.364 e. The summed E-state index contributed by atoms with van der Waals surface area (Å²) in [5, 5.41) is 7.02. The van der Waals surface area contributed by atoms with E-state index in [2.05, 4.69) is 24.8 Å². The molecule has 1 fully saturated rings. The molecule has 1 aliphatic rings. The van der Waals surface area contributed by atoms with Gasteiger partial charge in [0, 0.05) is 50.7 Å². The summed E-state index contributed by atoms with van der Waals surface area (Å²) in [5.41, 5.74) is 3.33. The molecule has 0 aliphatic carbocycles. The highest BCUT2D eigenvalue weighted by molar-refractivity contribution is 14.0. The maximum absolute atomic E-state index is 12.6. The predicted octanol–water partition coefficient (Wildman–Crippen LogP) is 1.86. The van der Waals surface area contributed by atoms with Crippen LogP contribution >= 0.6 is 24.0 Å². The molecule has 0 bridgehead atoms. The lowest BCUT2D eigenvalue weighted by Crippen LogP contribution is -2.53. The van der Waals surface area contributed by atoms with Crippen molar-refractivity contribution in [1.82, 2.24) is 29.1 Å². The molecule has 32 heavy (non-hydrogen) atoms. The zero-order chi connectivity index (χ0) is 21.8. The molecule has 10 nitrogen and oxygen atoms in total. The molecule has 4 rings (SSSR count). The van der Waals surface area contributed by atoms with Crippen molar-refractivity contribution in [2.24, 2.45) is 4.99 Å². The summed E-state index contributed by atoms with van der Waals surface area (Å²) >= 11 is 0. The van der Waals surface area contributed by atoms with Crippen LogP contribution in [0.3, 0.4) is 0 Å². The Hall–Kier alpha value is -2.19. The van der Waals surface area contributed by atoms with Crippen molar-refractivity contribution >= 4 is 45.6 Å². The second-order valence-electron chi connectivity index (χ2n) is 7.43. The highest BCUT2D eigenvalue weighted by Crippen LogP contribution is 2.14. The molecule has 0 amide bonds.